The SMILES string of the molecule is CCCn1nc(-c2ccc(C)c(C)c2)cc(C(C)=O)c1=O. The van der Waals surface area contributed by atoms with Gasteiger partial charge in [-0.2, -0.15) is 5.10 Å². The summed E-state index contributed by atoms with van der Waals surface area (Å²) in [6, 6.07) is 7.62. The summed E-state index contributed by atoms with van der Waals surface area (Å²) in [4.78, 5) is 23.9. The molecule has 1 aromatic carbocycles. The Hall–Kier alpha value is -2.23. The lowest BCUT2D eigenvalue weighted by atomic mass is 10.0. The highest BCUT2D eigenvalue weighted by molar-refractivity contribution is 5.94. The molecule has 0 spiro atoms. The predicted octanol–water partition coefficient (Wildman–Crippen LogP) is 3.14. The molecule has 0 atom stereocenters. The van der Waals surface area contributed by atoms with Gasteiger partial charge in [0.25, 0.3) is 5.56 Å². The number of nitrogens with zero attached hydrogens (tertiary/aromatic N) is 2. The molecule has 0 fully saturated rings. The zero-order valence-corrected chi connectivity index (χ0v) is 12.9. The van der Waals surface area contributed by atoms with Gasteiger partial charge in [0.1, 0.15) is 0 Å². The van der Waals surface area contributed by atoms with E-state index in [9.17, 15) is 9.59 Å². The molecule has 1 heterocycles. The standard InChI is InChI=1S/C17H20N2O2/c1-5-8-19-17(21)15(13(4)20)10-16(18-19)14-7-6-11(2)12(3)9-14/h6-7,9-10H,5,8H2,1-4H3. The van der Waals surface area contributed by atoms with Crippen molar-refractivity contribution in [1.29, 1.82) is 0 Å². The van der Waals surface area contributed by atoms with Crippen molar-refractivity contribution in [2.24, 2.45) is 0 Å². The zero-order valence-electron chi connectivity index (χ0n) is 12.9. The predicted molar refractivity (Wildman–Crippen MR) is 83.7 cm³/mol. The lowest BCUT2D eigenvalue weighted by molar-refractivity contribution is 0.101. The second kappa shape index (κ2) is 6.04. The number of Topliss-reactive ketones (excluding diaryl/α,β-unsaturated/α-hetero) is 1. The summed E-state index contributed by atoms with van der Waals surface area (Å²) in [5.41, 5.74) is 3.84. The second-order valence-electron chi connectivity index (χ2n) is 5.33. The van der Waals surface area contributed by atoms with Crippen LogP contribution in [0.15, 0.2) is 29.1 Å². The van der Waals surface area contributed by atoms with Gasteiger partial charge in [0, 0.05) is 12.1 Å². The van der Waals surface area contributed by atoms with E-state index in [0.717, 1.165) is 17.5 Å². The minimum absolute atomic E-state index is 0.201. The van der Waals surface area contributed by atoms with E-state index in [0.29, 0.717) is 12.2 Å². The number of aromatic nitrogens is 2. The van der Waals surface area contributed by atoms with Crippen LogP contribution in [0.3, 0.4) is 0 Å². The van der Waals surface area contributed by atoms with E-state index >= 15 is 0 Å². The lowest BCUT2D eigenvalue weighted by Crippen LogP contribution is -2.28. The third kappa shape index (κ3) is 3.10. The van der Waals surface area contributed by atoms with E-state index in [4.69, 9.17) is 0 Å². The zero-order chi connectivity index (χ0) is 15.6. The summed E-state index contributed by atoms with van der Waals surface area (Å²) in [5, 5.41) is 4.40. The Morgan fingerprint density at radius 1 is 1.19 bits per heavy atom. The van der Waals surface area contributed by atoms with E-state index in [1.807, 2.05) is 39.0 Å². The number of hydrogen-bond donors (Lipinski definition) is 0. The van der Waals surface area contributed by atoms with Crippen molar-refractivity contribution < 1.29 is 4.79 Å². The van der Waals surface area contributed by atoms with Gasteiger partial charge in [0.2, 0.25) is 0 Å². The van der Waals surface area contributed by atoms with Crippen LogP contribution in [0.25, 0.3) is 11.3 Å². The van der Waals surface area contributed by atoms with E-state index in [-0.39, 0.29) is 16.9 Å². The van der Waals surface area contributed by atoms with E-state index in [2.05, 4.69) is 5.10 Å². The van der Waals surface area contributed by atoms with Gasteiger partial charge in [-0.25, -0.2) is 4.68 Å². The van der Waals surface area contributed by atoms with Gasteiger partial charge in [0.15, 0.2) is 5.78 Å². The number of ketones is 1. The van der Waals surface area contributed by atoms with Crippen molar-refractivity contribution >= 4 is 5.78 Å². The molecule has 0 aliphatic rings. The fourth-order valence-corrected chi connectivity index (χ4v) is 2.20. The first-order valence-corrected chi connectivity index (χ1v) is 7.14. The summed E-state index contributed by atoms with van der Waals surface area (Å²) < 4.78 is 1.39. The van der Waals surface area contributed by atoms with Crippen LogP contribution in [0, 0.1) is 13.8 Å². The van der Waals surface area contributed by atoms with Crippen molar-refractivity contribution in [2.45, 2.75) is 40.7 Å². The first-order valence-electron chi connectivity index (χ1n) is 7.14. The summed E-state index contributed by atoms with van der Waals surface area (Å²) in [6.07, 6.45) is 0.792. The van der Waals surface area contributed by atoms with Gasteiger partial charge in [-0.3, -0.25) is 9.59 Å². The molecule has 0 saturated heterocycles. The quantitative estimate of drug-likeness (QED) is 0.810. The Morgan fingerprint density at radius 2 is 1.90 bits per heavy atom. The topological polar surface area (TPSA) is 52.0 Å². The molecule has 4 heteroatoms. The molecular formula is C17H20N2O2. The van der Waals surface area contributed by atoms with Gasteiger partial charge < -0.3 is 0 Å². The van der Waals surface area contributed by atoms with Crippen molar-refractivity contribution in [3.05, 3.63) is 51.3 Å². The molecule has 0 amide bonds. The monoisotopic (exact) mass is 284 g/mol. The van der Waals surface area contributed by atoms with Crippen molar-refractivity contribution in [3.8, 4) is 11.3 Å². The highest BCUT2D eigenvalue weighted by atomic mass is 16.1. The Kier molecular flexibility index (Phi) is 4.36. The lowest BCUT2D eigenvalue weighted by Gasteiger charge is -2.10. The van der Waals surface area contributed by atoms with E-state index < -0.39 is 0 Å². The Bertz CT molecular complexity index is 745. The summed E-state index contributed by atoms with van der Waals surface area (Å²) in [7, 11) is 0. The highest BCUT2D eigenvalue weighted by Gasteiger charge is 2.13. The average Bonchev–Trinajstić information content (AvgIpc) is 2.44. The molecule has 0 unspecified atom stereocenters. The maximum absolute atomic E-state index is 12.2. The smallest absolute Gasteiger partial charge is 0.277 e. The maximum atomic E-state index is 12.2. The van der Waals surface area contributed by atoms with Crippen LogP contribution in [-0.4, -0.2) is 15.6 Å². The molecular weight excluding hydrogens is 264 g/mol. The Morgan fingerprint density at radius 3 is 2.48 bits per heavy atom. The van der Waals surface area contributed by atoms with Gasteiger partial charge in [-0.1, -0.05) is 19.1 Å². The number of hydrogen-bond acceptors (Lipinski definition) is 3. The van der Waals surface area contributed by atoms with Crippen molar-refractivity contribution in [3.63, 3.8) is 0 Å². The Balaban J connectivity index is 2.65. The molecule has 1 aromatic heterocycles. The number of carbonyl (C=O) groups excluding carboxylic acids is 1. The van der Waals surface area contributed by atoms with Crippen LogP contribution < -0.4 is 5.56 Å². The molecule has 0 bridgehead atoms. The number of aryl methyl sites for hydroxylation is 3. The highest BCUT2D eigenvalue weighted by Crippen LogP contribution is 2.20. The first-order chi connectivity index (χ1) is 9.93. The molecule has 0 N–H and O–H groups in total. The summed E-state index contributed by atoms with van der Waals surface area (Å²) >= 11 is 0. The first kappa shape index (κ1) is 15.2. The van der Waals surface area contributed by atoms with Gasteiger partial charge in [0.05, 0.1) is 11.3 Å². The molecule has 2 aromatic rings. The van der Waals surface area contributed by atoms with Crippen LogP contribution in [0.1, 0.15) is 41.8 Å². The van der Waals surface area contributed by atoms with Crippen LogP contribution in [-0.2, 0) is 6.54 Å². The van der Waals surface area contributed by atoms with E-state index in [1.165, 1.54) is 17.2 Å². The van der Waals surface area contributed by atoms with Gasteiger partial charge in [-0.15, -0.1) is 0 Å². The minimum atomic E-state index is -0.308. The molecule has 110 valence electrons. The van der Waals surface area contributed by atoms with Crippen LogP contribution in [0.4, 0.5) is 0 Å². The molecule has 0 saturated carbocycles. The molecule has 4 nitrogen and oxygen atoms in total. The van der Waals surface area contributed by atoms with Crippen LogP contribution >= 0.6 is 0 Å². The molecule has 0 aliphatic carbocycles. The number of benzene rings is 1. The largest absolute Gasteiger partial charge is 0.294 e. The molecule has 0 aliphatic heterocycles. The van der Waals surface area contributed by atoms with Crippen molar-refractivity contribution in [1.82, 2.24) is 9.78 Å². The van der Waals surface area contributed by atoms with Gasteiger partial charge >= 0.3 is 0 Å². The summed E-state index contributed by atoms with van der Waals surface area (Å²) in [5.74, 6) is -0.225. The molecule has 21 heavy (non-hydrogen) atoms. The number of carbonyl (C=O) groups is 1. The summed E-state index contributed by atoms with van der Waals surface area (Å²) in [6.45, 7) is 7.98. The normalized spacial score (nSPS) is 10.7. The third-order valence-electron chi connectivity index (χ3n) is 3.59. The Labute approximate surface area is 124 Å². The van der Waals surface area contributed by atoms with Crippen molar-refractivity contribution in [2.75, 3.05) is 0 Å². The average molecular weight is 284 g/mol. The molecule has 2 rings (SSSR count). The van der Waals surface area contributed by atoms with Gasteiger partial charge in [-0.05, 0) is 50.5 Å². The minimum Gasteiger partial charge on any atom is -0.294 e. The third-order valence-corrected chi connectivity index (χ3v) is 3.59. The van der Waals surface area contributed by atoms with Crippen LogP contribution in [0.2, 0.25) is 0 Å². The molecule has 0 radical (unpaired) electrons. The second-order valence-corrected chi connectivity index (χ2v) is 5.33. The number of rotatable bonds is 4. The van der Waals surface area contributed by atoms with E-state index in [1.54, 1.807) is 6.07 Å². The fraction of sp³-hybridized carbons (Fsp3) is 0.353. The fourth-order valence-electron chi connectivity index (χ4n) is 2.20. The van der Waals surface area contributed by atoms with Crippen LogP contribution in [0.5, 0.6) is 0 Å². The maximum Gasteiger partial charge on any atom is 0.277 e.